The number of nitrogens with zero attached hydrogens (tertiary/aromatic N) is 1. The Bertz CT molecular complexity index is 950. The van der Waals surface area contributed by atoms with E-state index in [0.717, 1.165) is 14.7 Å². The van der Waals surface area contributed by atoms with E-state index < -0.39 is 5.97 Å². The minimum Gasteiger partial charge on any atom is -0.489 e. The van der Waals surface area contributed by atoms with E-state index in [-0.39, 0.29) is 11.6 Å². The summed E-state index contributed by atoms with van der Waals surface area (Å²) in [5.74, 6) is 0.321. The number of aliphatic imine (C=N–C) groups is 1. The lowest BCUT2D eigenvalue weighted by atomic mass is 10.1. The lowest BCUT2D eigenvalue weighted by molar-refractivity contribution is -0.129. The second kappa shape index (κ2) is 8.05. The largest absolute Gasteiger partial charge is 0.489 e. The summed E-state index contributed by atoms with van der Waals surface area (Å²) in [6.45, 7) is 6.11. The molecule has 26 heavy (non-hydrogen) atoms. The van der Waals surface area contributed by atoms with Crippen molar-refractivity contribution in [2.24, 2.45) is 4.99 Å². The van der Waals surface area contributed by atoms with Crippen LogP contribution in [0.2, 0.25) is 5.02 Å². The lowest BCUT2D eigenvalue weighted by Crippen LogP contribution is -2.06. The van der Waals surface area contributed by atoms with Crippen molar-refractivity contribution in [2.45, 2.75) is 6.92 Å². The van der Waals surface area contributed by atoms with E-state index in [0.29, 0.717) is 22.9 Å². The fourth-order valence-corrected chi connectivity index (χ4v) is 2.95. The van der Waals surface area contributed by atoms with Crippen LogP contribution in [-0.4, -0.2) is 18.5 Å². The van der Waals surface area contributed by atoms with Crippen LogP contribution in [0.4, 0.5) is 0 Å². The first-order valence-corrected chi connectivity index (χ1v) is 9.24. The van der Waals surface area contributed by atoms with Crippen LogP contribution in [-0.2, 0) is 9.53 Å². The van der Waals surface area contributed by atoms with E-state index in [2.05, 4.69) is 34.2 Å². The van der Waals surface area contributed by atoms with Crippen LogP contribution >= 0.6 is 34.2 Å². The summed E-state index contributed by atoms with van der Waals surface area (Å²) in [6, 6.07) is 12.8. The molecule has 0 radical (unpaired) electrons. The number of esters is 1. The van der Waals surface area contributed by atoms with Crippen LogP contribution in [0.1, 0.15) is 18.1 Å². The molecule has 1 aliphatic heterocycles. The van der Waals surface area contributed by atoms with E-state index in [1.165, 1.54) is 0 Å². The number of para-hydroxylation sites is 1. The Kier molecular flexibility index (Phi) is 5.78. The number of carbonyl (C=O) groups excluding carboxylic acids is 1. The maximum absolute atomic E-state index is 12.2. The molecule has 0 amide bonds. The predicted molar refractivity (Wildman–Crippen MR) is 112 cm³/mol. The average Bonchev–Trinajstić information content (AvgIpc) is 2.96. The highest BCUT2D eigenvalue weighted by Crippen LogP contribution is 2.27. The van der Waals surface area contributed by atoms with Gasteiger partial charge < -0.3 is 9.47 Å². The summed E-state index contributed by atoms with van der Waals surface area (Å²) >= 11 is 8.37. The van der Waals surface area contributed by atoms with Crippen LogP contribution in [0.5, 0.6) is 5.75 Å². The number of benzene rings is 2. The Balaban J connectivity index is 1.94. The number of cyclic esters (lactones) is 1. The van der Waals surface area contributed by atoms with Crippen LogP contribution < -0.4 is 4.74 Å². The molecule has 0 fully saturated rings. The third-order valence-corrected chi connectivity index (χ3v) is 4.47. The van der Waals surface area contributed by atoms with Crippen molar-refractivity contribution in [3.05, 3.63) is 80.0 Å². The SMILES string of the molecule is C=C(C)COc1ccccc1/C=C1\N=C(c2cc(I)ccc2Cl)OC1=O. The van der Waals surface area contributed by atoms with Crippen molar-refractivity contribution < 1.29 is 14.3 Å². The van der Waals surface area contributed by atoms with Crippen LogP contribution in [0, 0.1) is 3.57 Å². The van der Waals surface area contributed by atoms with E-state index in [9.17, 15) is 4.79 Å². The summed E-state index contributed by atoms with van der Waals surface area (Å²) in [5, 5.41) is 0.475. The molecule has 0 aromatic heterocycles. The summed E-state index contributed by atoms with van der Waals surface area (Å²) in [6.07, 6.45) is 1.64. The molecule has 132 valence electrons. The van der Waals surface area contributed by atoms with Gasteiger partial charge in [0.15, 0.2) is 5.70 Å². The van der Waals surface area contributed by atoms with Crippen molar-refractivity contribution >= 4 is 52.1 Å². The van der Waals surface area contributed by atoms with Gasteiger partial charge in [0.2, 0.25) is 5.90 Å². The quantitative estimate of drug-likeness (QED) is 0.255. The molecule has 0 unspecified atom stereocenters. The predicted octanol–water partition coefficient (Wildman–Crippen LogP) is 5.24. The number of ether oxygens (including phenoxy) is 2. The smallest absolute Gasteiger partial charge is 0.363 e. The zero-order valence-corrected chi connectivity index (χ0v) is 16.9. The molecule has 0 saturated carbocycles. The number of carbonyl (C=O) groups is 1. The Hall–Kier alpha value is -2.12. The fourth-order valence-electron chi connectivity index (χ4n) is 2.27. The maximum atomic E-state index is 12.2. The highest BCUT2D eigenvalue weighted by Gasteiger charge is 2.26. The third-order valence-electron chi connectivity index (χ3n) is 3.46. The molecular weight excluding hydrogens is 465 g/mol. The average molecular weight is 480 g/mol. The molecule has 2 aromatic rings. The first-order valence-electron chi connectivity index (χ1n) is 7.78. The summed E-state index contributed by atoms with van der Waals surface area (Å²) in [4.78, 5) is 16.5. The van der Waals surface area contributed by atoms with Crippen molar-refractivity contribution in [3.63, 3.8) is 0 Å². The van der Waals surface area contributed by atoms with Gasteiger partial charge in [0.25, 0.3) is 0 Å². The van der Waals surface area contributed by atoms with Gasteiger partial charge in [0.05, 0.1) is 10.6 Å². The van der Waals surface area contributed by atoms with Gasteiger partial charge in [-0.1, -0.05) is 36.4 Å². The molecule has 0 N–H and O–H groups in total. The number of hydrogen-bond donors (Lipinski definition) is 0. The number of halogens is 2. The van der Waals surface area contributed by atoms with Gasteiger partial charge in [0, 0.05) is 9.13 Å². The Morgan fingerprint density at radius 2 is 2.12 bits per heavy atom. The highest BCUT2D eigenvalue weighted by molar-refractivity contribution is 14.1. The van der Waals surface area contributed by atoms with Gasteiger partial charge in [-0.15, -0.1) is 0 Å². The van der Waals surface area contributed by atoms with Crippen LogP contribution in [0.15, 0.2) is 65.3 Å². The molecule has 0 bridgehead atoms. The summed E-state index contributed by atoms with van der Waals surface area (Å²) in [7, 11) is 0. The van der Waals surface area contributed by atoms with Crippen molar-refractivity contribution in [1.29, 1.82) is 0 Å². The second-order valence-corrected chi connectivity index (χ2v) is 7.40. The van der Waals surface area contributed by atoms with Crippen LogP contribution in [0.25, 0.3) is 6.08 Å². The van der Waals surface area contributed by atoms with E-state index in [1.807, 2.05) is 43.3 Å². The first kappa shape index (κ1) is 18.7. The second-order valence-electron chi connectivity index (χ2n) is 5.74. The van der Waals surface area contributed by atoms with Gasteiger partial charge in [-0.25, -0.2) is 9.79 Å². The summed E-state index contributed by atoms with van der Waals surface area (Å²) < 4.78 is 12.0. The minimum atomic E-state index is -0.523. The maximum Gasteiger partial charge on any atom is 0.363 e. The van der Waals surface area contributed by atoms with E-state index in [4.69, 9.17) is 21.1 Å². The van der Waals surface area contributed by atoms with Crippen molar-refractivity contribution in [2.75, 3.05) is 6.61 Å². The molecule has 1 heterocycles. The van der Waals surface area contributed by atoms with Crippen LogP contribution in [0.3, 0.4) is 0 Å². The molecular formula is C20H15ClINO3. The van der Waals surface area contributed by atoms with Gasteiger partial charge in [-0.2, -0.15) is 0 Å². The zero-order chi connectivity index (χ0) is 18.7. The zero-order valence-electron chi connectivity index (χ0n) is 14.0. The van der Waals surface area contributed by atoms with Crippen molar-refractivity contribution in [1.82, 2.24) is 0 Å². The molecule has 0 saturated heterocycles. The number of rotatable bonds is 5. The lowest BCUT2D eigenvalue weighted by Gasteiger charge is -2.08. The van der Waals surface area contributed by atoms with Gasteiger partial charge >= 0.3 is 5.97 Å². The molecule has 3 rings (SSSR count). The first-order chi connectivity index (χ1) is 12.4. The van der Waals surface area contributed by atoms with Gasteiger partial charge in [-0.05, 0) is 65.4 Å². The highest BCUT2D eigenvalue weighted by atomic mass is 127. The van der Waals surface area contributed by atoms with Crippen molar-refractivity contribution in [3.8, 4) is 5.75 Å². The summed E-state index contributed by atoms with van der Waals surface area (Å²) in [5.41, 5.74) is 2.42. The Morgan fingerprint density at radius 3 is 2.88 bits per heavy atom. The van der Waals surface area contributed by atoms with E-state index in [1.54, 1.807) is 12.1 Å². The Labute approximate surface area is 170 Å². The molecule has 2 aromatic carbocycles. The number of hydrogen-bond acceptors (Lipinski definition) is 4. The molecule has 0 spiro atoms. The standard InChI is InChI=1S/C20H15ClINO3/c1-12(2)11-25-18-6-4-3-5-13(18)9-17-20(24)26-19(23-17)15-10-14(22)7-8-16(15)21/h3-10H,1,11H2,2H3/b17-9-. The van der Waals surface area contributed by atoms with Gasteiger partial charge in [0.1, 0.15) is 12.4 Å². The monoisotopic (exact) mass is 479 g/mol. The molecule has 0 atom stereocenters. The molecule has 0 aliphatic carbocycles. The minimum absolute atomic E-state index is 0.196. The normalized spacial score (nSPS) is 15.0. The molecule has 1 aliphatic rings. The fraction of sp³-hybridized carbons (Fsp3) is 0.100. The van der Waals surface area contributed by atoms with Gasteiger partial charge in [-0.3, -0.25) is 0 Å². The third kappa shape index (κ3) is 4.34. The Morgan fingerprint density at radius 1 is 1.35 bits per heavy atom. The topological polar surface area (TPSA) is 47.9 Å². The molecule has 4 nitrogen and oxygen atoms in total. The van der Waals surface area contributed by atoms with E-state index >= 15 is 0 Å². The molecule has 6 heteroatoms.